The highest BCUT2D eigenvalue weighted by atomic mass is 32.2. The molecule has 0 bridgehead atoms. The Balaban J connectivity index is 1.32. The van der Waals surface area contributed by atoms with Gasteiger partial charge < -0.3 is 15.5 Å². The number of rotatable bonds is 16. The van der Waals surface area contributed by atoms with Crippen LogP contribution < -0.4 is 5.32 Å². The summed E-state index contributed by atoms with van der Waals surface area (Å²) in [6.45, 7) is 0. The van der Waals surface area contributed by atoms with Crippen molar-refractivity contribution in [2.45, 2.75) is 43.9 Å². The first-order chi connectivity index (χ1) is 22.4. The number of carbonyl (C=O) groups excluding carboxylic acids is 1. The zero-order chi connectivity index (χ0) is 32.3. The molecule has 0 saturated carbocycles. The van der Waals surface area contributed by atoms with Gasteiger partial charge in [-0.2, -0.15) is 11.8 Å². The van der Waals surface area contributed by atoms with Crippen LogP contribution >= 0.6 is 11.8 Å². The average molecular weight is 634 g/mol. The topological polar surface area (TPSA) is 104 Å². The van der Waals surface area contributed by atoms with E-state index in [2.05, 4.69) is 5.32 Å². The lowest BCUT2D eigenvalue weighted by atomic mass is 9.85. The maximum absolute atomic E-state index is 13.8. The van der Waals surface area contributed by atoms with Crippen molar-refractivity contribution in [1.29, 1.82) is 0 Å². The van der Waals surface area contributed by atoms with Crippen molar-refractivity contribution in [3.05, 3.63) is 132 Å². The van der Waals surface area contributed by atoms with E-state index in [9.17, 15) is 24.6 Å². The number of aryl methyl sites for hydroxylation is 2. The minimum absolute atomic E-state index is 0.125. The third kappa shape index (κ3) is 8.76. The number of thioether (sulfide) groups is 1. The van der Waals surface area contributed by atoms with E-state index in [4.69, 9.17) is 0 Å². The molecule has 0 aromatic heterocycles. The Hall–Kier alpha value is -4.62. The highest BCUT2D eigenvalue weighted by molar-refractivity contribution is 7.98. The van der Waals surface area contributed by atoms with Crippen LogP contribution in [0.4, 0.5) is 0 Å². The van der Waals surface area contributed by atoms with Gasteiger partial charge in [0.1, 0.15) is 6.04 Å². The monoisotopic (exact) mass is 633 g/mol. The molecule has 0 fully saturated rings. The van der Waals surface area contributed by atoms with E-state index in [1.54, 1.807) is 0 Å². The van der Waals surface area contributed by atoms with Crippen molar-refractivity contribution in [2.24, 2.45) is 11.8 Å². The zero-order valence-electron chi connectivity index (χ0n) is 25.7. The van der Waals surface area contributed by atoms with Gasteiger partial charge in [0.2, 0.25) is 5.91 Å². The average Bonchev–Trinajstić information content (AvgIpc) is 3.07. The third-order valence-electron chi connectivity index (χ3n) is 8.58. The number of amides is 1. The Morgan fingerprint density at radius 2 is 1.13 bits per heavy atom. The molecule has 3 atom stereocenters. The number of carbonyl (C=O) groups is 3. The zero-order valence-corrected chi connectivity index (χ0v) is 26.5. The van der Waals surface area contributed by atoms with E-state index in [-0.39, 0.29) is 12.2 Å². The van der Waals surface area contributed by atoms with Crippen LogP contribution in [0, 0.1) is 11.8 Å². The van der Waals surface area contributed by atoms with Gasteiger partial charge in [0.15, 0.2) is 0 Å². The molecular formula is C39H39NO5S. The molecule has 0 radical (unpaired) electrons. The molecule has 0 spiro atoms. The predicted molar refractivity (Wildman–Crippen MR) is 186 cm³/mol. The summed E-state index contributed by atoms with van der Waals surface area (Å²) in [5.74, 6) is -3.07. The van der Waals surface area contributed by atoms with Crippen molar-refractivity contribution < 1.29 is 24.6 Å². The highest BCUT2D eigenvalue weighted by Crippen LogP contribution is 2.28. The lowest BCUT2D eigenvalue weighted by Gasteiger charge is -2.23. The van der Waals surface area contributed by atoms with Crippen LogP contribution in [-0.2, 0) is 33.0 Å². The van der Waals surface area contributed by atoms with E-state index in [1.165, 1.54) is 11.8 Å². The molecule has 0 aliphatic heterocycles. The van der Waals surface area contributed by atoms with Crippen molar-refractivity contribution in [1.82, 2.24) is 5.32 Å². The van der Waals surface area contributed by atoms with Crippen LogP contribution in [0.2, 0.25) is 0 Å². The normalized spacial score (nSPS) is 13.2. The van der Waals surface area contributed by atoms with Crippen molar-refractivity contribution in [3.63, 3.8) is 0 Å². The van der Waals surface area contributed by atoms with Crippen LogP contribution in [0.15, 0.2) is 115 Å². The Kier molecular flexibility index (Phi) is 11.5. The van der Waals surface area contributed by atoms with Gasteiger partial charge in [-0.3, -0.25) is 9.59 Å². The number of benzene rings is 5. The maximum atomic E-state index is 13.8. The second-order valence-corrected chi connectivity index (χ2v) is 12.8. The fourth-order valence-electron chi connectivity index (χ4n) is 6.06. The van der Waals surface area contributed by atoms with Gasteiger partial charge in [-0.1, -0.05) is 115 Å². The predicted octanol–water partition coefficient (Wildman–Crippen LogP) is 7.77. The maximum Gasteiger partial charge on any atom is 0.327 e. The molecular weight excluding hydrogens is 594 g/mol. The molecule has 6 nitrogen and oxygen atoms in total. The summed E-state index contributed by atoms with van der Waals surface area (Å²) >= 11 is 1.44. The molecule has 2 unspecified atom stereocenters. The number of carboxylic acids is 2. The van der Waals surface area contributed by atoms with Crippen LogP contribution in [0.5, 0.6) is 0 Å². The van der Waals surface area contributed by atoms with Crippen molar-refractivity contribution >= 4 is 51.2 Å². The molecule has 3 N–H and O–H groups in total. The largest absolute Gasteiger partial charge is 0.481 e. The molecule has 5 aromatic rings. The molecule has 0 aliphatic rings. The van der Waals surface area contributed by atoms with Crippen molar-refractivity contribution in [3.8, 4) is 0 Å². The molecule has 0 aliphatic carbocycles. The third-order valence-corrected chi connectivity index (χ3v) is 9.69. The molecule has 236 valence electrons. The van der Waals surface area contributed by atoms with Crippen molar-refractivity contribution in [2.75, 3.05) is 5.75 Å². The lowest BCUT2D eigenvalue weighted by molar-refractivity contribution is -0.144. The van der Waals surface area contributed by atoms with E-state index >= 15 is 0 Å². The summed E-state index contributed by atoms with van der Waals surface area (Å²) < 4.78 is 0. The fraction of sp³-hybridized carbons (Fsp3) is 0.256. The van der Waals surface area contributed by atoms with Crippen LogP contribution in [0.1, 0.15) is 36.0 Å². The number of nitrogens with one attached hydrogen (secondary N) is 1. The summed E-state index contributed by atoms with van der Waals surface area (Å²) in [5.41, 5.74) is 3.22. The number of hydrogen-bond donors (Lipinski definition) is 3. The molecule has 46 heavy (non-hydrogen) atoms. The smallest absolute Gasteiger partial charge is 0.327 e. The second-order valence-electron chi connectivity index (χ2n) is 11.7. The molecule has 7 heteroatoms. The lowest BCUT2D eigenvalue weighted by Crippen LogP contribution is -2.46. The summed E-state index contributed by atoms with van der Waals surface area (Å²) in [6, 6.07) is 36.9. The van der Waals surface area contributed by atoms with Gasteiger partial charge in [-0.05, 0) is 70.3 Å². The first-order valence-corrected chi connectivity index (χ1v) is 16.9. The Morgan fingerprint density at radius 1 is 0.609 bits per heavy atom. The van der Waals surface area contributed by atoms with Crippen LogP contribution in [-0.4, -0.2) is 39.9 Å². The summed E-state index contributed by atoms with van der Waals surface area (Å²) in [6.07, 6.45) is 2.03. The Bertz CT molecular complexity index is 1780. The summed E-state index contributed by atoms with van der Waals surface area (Å²) in [4.78, 5) is 38.6. The first-order valence-electron chi connectivity index (χ1n) is 15.7. The summed E-state index contributed by atoms with van der Waals surface area (Å²) in [7, 11) is 0. The number of fused-ring (bicyclic) bond motifs is 2. The molecule has 1 amide bonds. The highest BCUT2D eigenvalue weighted by Gasteiger charge is 2.30. The van der Waals surface area contributed by atoms with Gasteiger partial charge in [0.05, 0.1) is 5.92 Å². The number of hydrogen-bond acceptors (Lipinski definition) is 4. The number of carboxylic acid groups (broad SMARTS) is 2. The molecule has 0 saturated heterocycles. The van der Waals surface area contributed by atoms with E-state index in [0.29, 0.717) is 31.4 Å². The van der Waals surface area contributed by atoms with E-state index < -0.39 is 35.7 Å². The van der Waals surface area contributed by atoms with Gasteiger partial charge in [0.25, 0.3) is 0 Å². The minimum atomic E-state index is -1.10. The summed E-state index contributed by atoms with van der Waals surface area (Å²) in [5, 5.41) is 27.4. The quantitative estimate of drug-likeness (QED) is 0.103. The van der Waals surface area contributed by atoms with Gasteiger partial charge in [-0.15, -0.1) is 0 Å². The molecule has 5 aromatic carbocycles. The second kappa shape index (κ2) is 16.1. The Labute approximate surface area is 273 Å². The van der Waals surface area contributed by atoms with Crippen LogP contribution in [0.3, 0.4) is 0 Å². The standard InChI is InChI=1S/C39H39NO5S/c41-37(40-36(39(44)45)26-46-25-27-10-2-1-3-11-27)32(22-20-30-16-8-14-28-12-4-6-18-34(28)30)24-33(38(42)43)23-21-31-17-9-15-29-13-5-7-19-35(29)31/h1-19,32-33,36H,20-26H2,(H,40,41)(H,42,43)(H,44,45)/t32?,33?,36-/m0/s1. The Morgan fingerprint density at radius 3 is 1.70 bits per heavy atom. The van der Waals surface area contributed by atoms with Gasteiger partial charge >= 0.3 is 11.9 Å². The molecule has 0 heterocycles. The fourth-order valence-corrected chi connectivity index (χ4v) is 7.06. The van der Waals surface area contributed by atoms with E-state index in [0.717, 1.165) is 38.2 Å². The first kappa shape index (κ1) is 32.8. The number of aliphatic carboxylic acids is 2. The van der Waals surface area contributed by atoms with Gasteiger partial charge in [0, 0.05) is 17.4 Å². The van der Waals surface area contributed by atoms with E-state index in [1.807, 2.05) is 115 Å². The minimum Gasteiger partial charge on any atom is -0.481 e. The van der Waals surface area contributed by atoms with Gasteiger partial charge in [-0.25, -0.2) is 4.79 Å². The van der Waals surface area contributed by atoms with Crippen LogP contribution in [0.25, 0.3) is 21.5 Å². The molecule has 5 rings (SSSR count). The SMILES string of the molecule is O=C(O)C(CCc1cccc2ccccc12)CC(CCc1cccc2ccccc12)C(=O)N[C@@H](CSCc1ccccc1)C(=O)O.